The normalized spacial score (nSPS) is 43.4. The lowest BCUT2D eigenvalue weighted by Crippen LogP contribution is -2.46. The van der Waals surface area contributed by atoms with E-state index in [0.29, 0.717) is 24.0 Å². The Morgan fingerprint density at radius 1 is 1.21 bits per heavy atom. The third-order valence-corrected chi connectivity index (χ3v) is 3.90. The molecule has 3 rings (SSSR count). The lowest BCUT2D eigenvalue weighted by molar-refractivity contribution is -0.122. The summed E-state index contributed by atoms with van der Waals surface area (Å²) in [7, 11) is 0. The molecule has 3 heteroatoms. The Morgan fingerprint density at radius 3 is 2.57 bits per heavy atom. The van der Waals surface area contributed by atoms with Crippen molar-refractivity contribution in [3.05, 3.63) is 0 Å². The van der Waals surface area contributed by atoms with E-state index in [9.17, 15) is 4.79 Å². The third-order valence-electron chi connectivity index (χ3n) is 3.90. The minimum Gasteiger partial charge on any atom is -0.373 e. The largest absolute Gasteiger partial charge is 0.373 e. The van der Waals surface area contributed by atoms with Gasteiger partial charge >= 0.3 is 0 Å². The second-order valence-electron chi connectivity index (χ2n) is 4.75. The number of Topliss-reactive ketones (excluding diaryl/α,β-unsaturated/α-hetero) is 1. The standard InChI is InChI=1S/C11H17NO2/c13-8-3-5-12(6-4-8)10-7-9-1-2-11(10)14-9/h9-11H,1-7H2. The Labute approximate surface area is 84.4 Å². The van der Waals surface area contributed by atoms with Crippen molar-refractivity contribution in [1.29, 1.82) is 0 Å². The van der Waals surface area contributed by atoms with Crippen LogP contribution in [-0.2, 0) is 9.53 Å². The lowest BCUT2D eigenvalue weighted by Gasteiger charge is -2.34. The smallest absolute Gasteiger partial charge is 0.135 e. The zero-order chi connectivity index (χ0) is 9.54. The van der Waals surface area contributed by atoms with Gasteiger partial charge in [0.05, 0.1) is 12.2 Å². The van der Waals surface area contributed by atoms with Crippen LogP contribution >= 0.6 is 0 Å². The summed E-state index contributed by atoms with van der Waals surface area (Å²) < 4.78 is 5.84. The maximum absolute atomic E-state index is 11.1. The van der Waals surface area contributed by atoms with Gasteiger partial charge in [-0.25, -0.2) is 0 Å². The Morgan fingerprint density at radius 2 is 2.00 bits per heavy atom. The number of ether oxygens (including phenoxy) is 1. The van der Waals surface area contributed by atoms with Crippen LogP contribution in [0.1, 0.15) is 32.1 Å². The maximum atomic E-state index is 11.1. The molecule has 0 N–H and O–H groups in total. The molecular formula is C11H17NO2. The van der Waals surface area contributed by atoms with Crippen LogP contribution in [0.2, 0.25) is 0 Å². The maximum Gasteiger partial charge on any atom is 0.135 e. The first-order valence-corrected chi connectivity index (χ1v) is 5.74. The molecule has 3 saturated heterocycles. The van der Waals surface area contributed by atoms with Crippen LogP contribution < -0.4 is 0 Å². The van der Waals surface area contributed by atoms with Gasteiger partial charge in [0, 0.05) is 32.0 Å². The summed E-state index contributed by atoms with van der Waals surface area (Å²) in [5.74, 6) is 0.435. The van der Waals surface area contributed by atoms with Crippen molar-refractivity contribution in [1.82, 2.24) is 4.90 Å². The summed E-state index contributed by atoms with van der Waals surface area (Å²) in [5, 5.41) is 0. The number of likely N-dealkylation sites (tertiary alicyclic amines) is 1. The second kappa shape index (κ2) is 3.31. The van der Waals surface area contributed by atoms with Crippen molar-refractivity contribution in [2.45, 2.75) is 50.4 Å². The zero-order valence-electron chi connectivity index (χ0n) is 8.45. The molecule has 3 aliphatic rings. The number of fused-ring (bicyclic) bond motifs is 2. The monoisotopic (exact) mass is 195 g/mol. The minimum absolute atomic E-state index is 0.435. The fourth-order valence-electron chi connectivity index (χ4n) is 3.10. The molecule has 3 unspecified atom stereocenters. The van der Waals surface area contributed by atoms with Gasteiger partial charge in [-0.05, 0) is 19.3 Å². The molecule has 0 aromatic rings. The van der Waals surface area contributed by atoms with E-state index >= 15 is 0 Å². The highest BCUT2D eigenvalue weighted by Gasteiger charge is 2.43. The van der Waals surface area contributed by atoms with Crippen LogP contribution in [0.3, 0.4) is 0 Å². The van der Waals surface area contributed by atoms with Crippen LogP contribution in [-0.4, -0.2) is 42.0 Å². The number of piperidine rings is 1. The van der Waals surface area contributed by atoms with E-state index < -0.39 is 0 Å². The van der Waals surface area contributed by atoms with Crippen LogP contribution in [0, 0.1) is 0 Å². The molecule has 3 heterocycles. The number of hydrogen-bond acceptors (Lipinski definition) is 3. The molecule has 3 atom stereocenters. The molecule has 0 aliphatic carbocycles. The molecule has 0 saturated carbocycles. The first-order valence-electron chi connectivity index (χ1n) is 5.74. The molecule has 78 valence electrons. The molecular weight excluding hydrogens is 178 g/mol. The van der Waals surface area contributed by atoms with Gasteiger partial charge in [0.2, 0.25) is 0 Å². The highest BCUT2D eigenvalue weighted by atomic mass is 16.5. The number of ketones is 1. The third kappa shape index (κ3) is 1.39. The molecule has 14 heavy (non-hydrogen) atoms. The first-order chi connectivity index (χ1) is 6.83. The molecule has 3 aliphatic heterocycles. The van der Waals surface area contributed by atoms with Crippen molar-refractivity contribution in [3.8, 4) is 0 Å². The van der Waals surface area contributed by atoms with Crippen LogP contribution in [0.15, 0.2) is 0 Å². The Hall–Kier alpha value is -0.410. The predicted molar refractivity (Wildman–Crippen MR) is 52.1 cm³/mol. The Kier molecular flexibility index (Phi) is 2.10. The van der Waals surface area contributed by atoms with Gasteiger partial charge in [-0.15, -0.1) is 0 Å². The number of nitrogens with zero attached hydrogens (tertiary/aromatic N) is 1. The van der Waals surface area contributed by atoms with Crippen molar-refractivity contribution < 1.29 is 9.53 Å². The van der Waals surface area contributed by atoms with Crippen molar-refractivity contribution in [2.75, 3.05) is 13.1 Å². The van der Waals surface area contributed by atoms with Crippen molar-refractivity contribution >= 4 is 5.78 Å². The van der Waals surface area contributed by atoms with E-state index in [-0.39, 0.29) is 0 Å². The quantitative estimate of drug-likeness (QED) is 0.624. The summed E-state index contributed by atoms with van der Waals surface area (Å²) in [5.41, 5.74) is 0. The summed E-state index contributed by atoms with van der Waals surface area (Å²) in [6.07, 6.45) is 6.23. The van der Waals surface area contributed by atoms with Gasteiger partial charge in [-0.1, -0.05) is 0 Å². The molecule has 3 nitrogen and oxygen atoms in total. The van der Waals surface area contributed by atoms with Crippen LogP contribution in [0.4, 0.5) is 0 Å². The fourth-order valence-corrected chi connectivity index (χ4v) is 3.10. The van der Waals surface area contributed by atoms with E-state index in [1.807, 2.05) is 0 Å². The molecule has 2 bridgehead atoms. The number of carbonyl (C=O) groups excluding carboxylic acids is 1. The van der Waals surface area contributed by atoms with Crippen molar-refractivity contribution in [3.63, 3.8) is 0 Å². The van der Waals surface area contributed by atoms with E-state index in [4.69, 9.17) is 4.74 Å². The van der Waals surface area contributed by atoms with Crippen molar-refractivity contribution in [2.24, 2.45) is 0 Å². The fraction of sp³-hybridized carbons (Fsp3) is 0.909. The molecule has 0 aromatic heterocycles. The van der Waals surface area contributed by atoms with Crippen LogP contribution in [0.25, 0.3) is 0 Å². The summed E-state index contributed by atoms with van der Waals surface area (Å²) >= 11 is 0. The van der Waals surface area contributed by atoms with Gasteiger partial charge < -0.3 is 4.74 Å². The lowest BCUT2D eigenvalue weighted by atomic mass is 9.92. The summed E-state index contributed by atoms with van der Waals surface area (Å²) in [6, 6.07) is 0.627. The van der Waals surface area contributed by atoms with Gasteiger partial charge in [-0.2, -0.15) is 0 Å². The topological polar surface area (TPSA) is 29.5 Å². The number of rotatable bonds is 1. The summed E-state index contributed by atoms with van der Waals surface area (Å²) in [6.45, 7) is 1.94. The van der Waals surface area contributed by atoms with E-state index in [2.05, 4.69) is 4.90 Å². The van der Waals surface area contributed by atoms with Gasteiger partial charge in [-0.3, -0.25) is 9.69 Å². The molecule has 3 fully saturated rings. The minimum atomic E-state index is 0.435. The summed E-state index contributed by atoms with van der Waals surface area (Å²) in [4.78, 5) is 13.6. The van der Waals surface area contributed by atoms with Gasteiger partial charge in [0.1, 0.15) is 5.78 Å². The Bertz CT molecular complexity index is 244. The number of carbonyl (C=O) groups is 1. The SMILES string of the molecule is O=C1CCN(C2CC3CCC2O3)CC1. The van der Waals surface area contributed by atoms with E-state index in [1.165, 1.54) is 19.3 Å². The highest BCUT2D eigenvalue weighted by molar-refractivity contribution is 5.79. The number of hydrogen-bond donors (Lipinski definition) is 0. The first kappa shape index (κ1) is 8.86. The molecule has 0 aromatic carbocycles. The second-order valence-corrected chi connectivity index (χ2v) is 4.75. The highest BCUT2D eigenvalue weighted by Crippen LogP contribution is 2.37. The van der Waals surface area contributed by atoms with E-state index in [1.54, 1.807) is 0 Å². The molecule has 0 spiro atoms. The predicted octanol–water partition coefficient (Wildman–Crippen LogP) is 0.971. The van der Waals surface area contributed by atoms with E-state index in [0.717, 1.165) is 25.9 Å². The molecule has 0 amide bonds. The van der Waals surface area contributed by atoms with Gasteiger partial charge in [0.25, 0.3) is 0 Å². The van der Waals surface area contributed by atoms with Crippen LogP contribution in [0.5, 0.6) is 0 Å². The molecule has 0 radical (unpaired) electrons. The Balaban J connectivity index is 1.63. The van der Waals surface area contributed by atoms with Gasteiger partial charge in [0.15, 0.2) is 0 Å². The zero-order valence-corrected chi connectivity index (χ0v) is 8.45. The average Bonchev–Trinajstić information content (AvgIpc) is 2.80. The average molecular weight is 195 g/mol.